The lowest BCUT2D eigenvalue weighted by molar-refractivity contribution is -0.111. The predicted octanol–water partition coefficient (Wildman–Crippen LogP) is 5.59. The summed E-state index contributed by atoms with van der Waals surface area (Å²) in [5, 5.41) is 3.09. The molecule has 0 atom stereocenters. The van der Waals surface area contributed by atoms with E-state index in [9.17, 15) is 4.79 Å². The van der Waals surface area contributed by atoms with Crippen LogP contribution in [0.25, 0.3) is 6.08 Å². The highest BCUT2D eigenvalue weighted by Gasteiger charge is 2.14. The second-order valence-corrected chi connectivity index (χ2v) is 6.35. The van der Waals surface area contributed by atoms with Gasteiger partial charge in [-0.3, -0.25) is 4.79 Å². The molecule has 0 radical (unpaired) electrons. The van der Waals surface area contributed by atoms with Gasteiger partial charge in [0.05, 0.1) is 0 Å². The molecule has 0 aliphatic rings. The summed E-state index contributed by atoms with van der Waals surface area (Å²) in [6.07, 6.45) is 3.43. The number of benzene rings is 2. The lowest BCUT2D eigenvalue weighted by Crippen LogP contribution is -2.13. The van der Waals surface area contributed by atoms with Crippen LogP contribution >= 0.6 is 0 Å². The van der Waals surface area contributed by atoms with Crippen molar-refractivity contribution in [1.82, 2.24) is 0 Å². The topological polar surface area (TPSA) is 29.1 Å². The summed E-state index contributed by atoms with van der Waals surface area (Å²) < 4.78 is 0. The molecule has 0 aliphatic carbocycles. The lowest BCUT2D eigenvalue weighted by atomic mass is 9.92. The predicted molar refractivity (Wildman–Crippen MR) is 98.7 cm³/mol. The first-order chi connectivity index (χ1) is 11.0. The summed E-state index contributed by atoms with van der Waals surface area (Å²) in [6, 6.07) is 16.1. The third-order valence-electron chi connectivity index (χ3n) is 3.85. The highest BCUT2D eigenvalue weighted by atomic mass is 16.1. The first-order valence-corrected chi connectivity index (χ1v) is 8.16. The van der Waals surface area contributed by atoms with Crippen molar-refractivity contribution in [2.24, 2.45) is 0 Å². The second-order valence-electron chi connectivity index (χ2n) is 6.35. The molecule has 1 N–H and O–H groups in total. The molecule has 2 rings (SSSR count). The van der Waals surface area contributed by atoms with Gasteiger partial charge in [-0.05, 0) is 34.6 Å². The SMILES string of the molecule is CC(C)c1cccc(C(C)C)c1NC(=O)/C=C/c1ccccc1. The number of nitrogens with one attached hydrogen (secondary N) is 1. The summed E-state index contributed by atoms with van der Waals surface area (Å²) in [5.41, 5.74) is 4.33. The van der Waals surface area contributed by atoms with Crippen molar-refractivity contribution < 1.29 is 4.79 Å². The zero-order valence-corrected chi connectivity index (χ0v) is 14.3. The number of hydrogen-bond donors (Lipinski definition) is 1. The monoisotopic (exact) mass is 307 g/mol. The number of carbonyl (C=O) groups is 1. The van der Waals surface area contributed by atoms with E-state index in [2.05, 4.69) is 51.2 Å². The highest BCUT2D eigenvalue weighted by molar-refractivity contribution is 6.03. The fourth-order valence-corrected chi connectivity index (χ4v) is 2.60. The van der Waals surface area contributed by atoms with Crippen LogP contribution in [-0.4, -0.2) is 5.91 Å². The molecule has 1 amide bonds. The summed E-state index contributed by atoms with van der Waals surface area (Å²) in [6.45, 7) is 8.59. The molecule has 120 valence electrons. The highest BCUT2D eigenvalue weighted by Crippen LogP contribution is 2.32. The van der Waals surface area contributed by atoms with Gasteiger partial charge in [-0.25, -0.2) is 0 Å². The summed E-state index contributed by atoms with van der Waals surface area (Å²) in [5.74, 6) is 0.632. The molecule has 0 fully saturated rings. The lowest BCUT2D eigenvalue weighted by Gasteiger charge is -2.19. The van der Waals surface area contributed by atoms with Crippen LogP contribution in [0.15, 0.2) is 54.6 Å². The molecular formula is C21H25NO. The summed E-state index contributed by atoms with van der Waals surface area (Å²) in [4.78, 5) is 12.3. The maximum atomic E-state index is 12.3. The summed E-state index contributed by atoms with van der Waals surface area (Å²) >= 11 is 0. The Hall–Kier alpha value is -2.35. The average Bonchev–Trinajstić information content (AvgIpc) is 2.53. The fourth-order valence-electron chi connectivity index (χ4n) is 2.60. The minimum atomic E-state index is -0.0937. The molecular weight excluding hydrogens is 282 g/mol. The zero-order chi connectivity index (χ0) is 16.8. The van der Waals surface area contributed by atoms with E-state index in [0.29, 0.717) is 11.8 Å². The first-order valence-electron chi connectivity index (χ1n) is 8.16. The molecule has 2 aromatic rings. The first kappa shape index (κ1) is 17.0. The van der Waals surface area contributed by atoms with Gasteiger partial charge in [0.15, 0.2) is 0 Å². The summed E-state index contributed by atoms with van der Waals surface area (Å²) in [7, 11) is 0. The smallest absolute Gasteiger partial charge is 0.248 e. The minimum Gasteiger partial charge on any atom is -0.322 e. The maximum absolute atomic E-state index is 12.3. The van der Waals surface area contributed by atoms with Gasteiger partial charge in [-0.2, -0.15) is 0 Å². The molecule has 2 heteroatoms. The van der Waals surface area contributed by atoms with Crippen LogP contribution in [-0.2, 0) is 4.79 Å². The van der Waals surface area contributed by atoms with Crippen molar-refractivity contribution in [2.75, 3.05) is 5.32 Å². The third-order valence-corrected chi connectivity index (χ3v) is 3.85. The Morgan fingerprint density at radius 1 is 0.870 bits per heavy atom. The number of rotatable bonds is 5. The van der Waals surface area contributed by atoms with Gasteiger partial charge >= 0.3 is 0 Å². The van der Waals surface area contributed by atoms with Crippen LogP contribution in [0.2, 0.25) is 0 Å². The largest absolute Gasteiger partial charge is 0.322 e. The molecule has 0 spiro atoms. The van der Waals surface area contributed by atoms with Crippen molar-refractivity contribution in [1.29, 1.82) is 0 Å². The van der Waals surface area contributed by atoms with Gasteiger partial charge in [0.2, 0.25) is 5.91 Å². The van der Waals surface area contributed by atoms with Crippen LogP contribution < -0.4 is 5.32 Å². The average molecular weight is 307 g/mol. The Labute approximate surface area is 139 Å². The maximum Gasteiger partial charge on any atom is 0.248 e. The Balaban J connectivity index is 2.24. The quantitative estimate of drug-likeness (QED) is 0.717. The van der Waals surface area contributed by atoms with Crippen LogP contribution in [0.3, 0.4) is 0 Å². The van der Waals surface area contributed by atoms with E-state index in [1.54, 1.807) is 6.08 Å². The van der Waals surface area contributed by atoms with E-state index >= 15 is 0 Å². The van der Waals surface area contributed by atoms with Gasteiger partial charge in [-0.1, -0.05) is 76.2 Å². The molecule has 23 heavy (non-hydrogen) atoms. The Morgan fingerprint density at radius 2 is 1.43 bits per heavy atom. The van der Waals surface area contributed by atoms with E-state index in [4.69, 9.17) is 0 Å². The van der Waals surface area contributed by atoms with Crippen molar-refractivity contribution in [3.63, 3.8) is 0 Å². The number of carbonyl (C=O) groups excluding carboxylic acids is 1. The normalized spacial score (nSPS) is 11.4. The van der Waals surface area contributed by atoms with E-state index in [1.807, 2.05) is 36.4 Å². The Bertz CT molecular complexity index is 658. The van der Waals surface area contributed by atoms with Gasteiger partial charge in [-0.15, -0.1) is 0 Å². The second kappa shape index (κ2) is 7.77. The standard InChI is InChI=1S/C21H25NO/c1-15(2)18-11-8-12-19(16(3)4)21(18)22-20(23)14-13-17-9-6-5-7-10-17/h5-16H,1-4H3,(H,22,23)/b14-13+. The van der Waals surface area contributed by atoms with Gasteiger partial charge in [0.25, 0.3) is 0 Å². The molecule has 0 aliphatic heterocycles. The molecule has 0 bridgehead atoms. The van der Waals surface area contributed by atoms with Crippen LogP contribution in [0, 0.1) is 0 Å². The molecule has 2 nitrogen and oxygen atoms in total. The Kier molecular flexibility index (Phi) is 5.75. The molecule has 0 saturated heterocycles. The molecule has 2 aromatic carbocycles. The molecule has 0 aromatic heterocycles. The fraction of sp³-hybridized carbons (Fsp3) is 0.286. The number of hydrogen-bond acceptors (Lipinski definition) is 1. The number of amides is 1. The molecule has 0 unspecified atom stereocenters. The Morgan fingerprint density at radius 3 is 1.96 bits per heavy atom. The number of anilines is 1. The van der Waals surface area contributed by atoms with E-state index in [1.165, 1.54) is 11.1 Å². The van der Waals surface area contributed by atoms with Crippen molar-refractivity contribution in [2.45, 2.75) is 39.5 Å². The van der Waals surface area contributed by atoms with Crippen LogP contribution in [0.1, 0.15) is 56.2 Å². The van der Waals surface area contributed by atoms with E-state index in [0.717, 1.165) is 11.3 Å². The van der Waals surface area contributed by atoms with Crippen LogP contribution in [0.4, 0.5) is 5.69 Å². The minimum absolute atomic E-state index is 0.0937. The zero-order valence-electron chi connectivity index (χ0n) is 14.3. The van der Waals surface area contributed by atoms with Crippen molar-refractivity contribution >= 4 is 17.7 Å². The van der Waals surface area contributed by atoms with Gasteiger partial charge in [0, 0.05) is 11.8 Å². The van der Waals surface area contributed by atoms with Crippen molar-refractivity contribution in [3.8, 4) is 0 Å². The van der Waals surface area contributed by atoms with E-state index < -0.39 is 0 Å². The van der Waals surface area contributed by atoms with E-state index in [-0.39, 0.29) is 5.91 Å². The number of para-hydroxylation sites is 1. The van der Waals surface area contributed by atoms with Gasteiger partial charge < -0.3 is 5.32 Å². The molecule has 0 saturated carbocycles. The molecule has 0 heterocycles. The van der Waals surface area contributed by atoms with Crippen molar-refractivity contribution in [3.05, 3.63) is 71.3 Å². The van der Waals surface area contributed by atoms with Crippen LogP contribution in [0.5, 0.6) is 0 Å². The van der Waals surface area contributed by atoms with Gasteiger partial charge in [0.1, 0.15) is 0 Å². The third kappa shape index (κ3) is 4.56.